The first-order valence-corrected chi connectivity index (χ1v) is 4.30. The summed E-state index contributed by atoms with van der Waals surface area (Å²) in [7, 11) is 1.29. The second kappa shape index (κ2) is 5.87. The van der Waals surface area contributed by atoms with Crippen LogP contribution in [-0.2, 0) is 14.3 Å². The molecule has 0 aliphatic carbocycles. The zero-order chi connectivity index (χ0) is 11.1. The van der Waals surface area contributed by atoms with E-state index < -0.39 is 5.97 Å². The number of hydrogen-bond acceptors (Lipinski definition) is 4. The number of hydrogen-bond donors (Lipinski definition) is 1. The van der Waals surface area contributed by atoms with E-state index in [1.54, 1.807) is 0 Å². The van der Waals surface area contributed by atoms with Crippen molar-refractivity contribution in [3.8, 4) is 23.7 Å². The van der Waals surface area contributed by atoms with Crippen LogP contribution in [0.25, 0.3) is 0 Å². The summed E-state index contributed by atoms with van der Waals surface area (Å²) in [5.74, 6) is 9.86. The lowest BCUT2D eigenvalue weighted by molar-refractivity contribution is -0.134. The van der Waals surface area contributed by atoms with Crippen molar-refractivity contribution in [3.63, 3.8) is 0 Å². The summed E-state index contributed by atoms with van der Waals surface area (Å²) in [5, 5.41) is 8.61. The molecule has 0 aromatic carbocycles. The first kappa shape index (κ1) is 11.3. The van der Waals surface area contributed by atoms with Crippen molar-refractivity contribution >= 4 is 5.97 Å². The van der Waals surface area contributed by atoms with Gasteiger partial charge in [0.15, 0.2) is 0 Å². The topological polar surface area (TPSA) is 59.1 Å². The maximum atomic E-state index is 10.6. The Kier molecular flexibility index (Phi) is 4.43. The van der Waals surface area contributed by atoms with Gasteiger partial charge < -0.3 is 14.6 Å². The van der Waals surface area contributed by atoms with Crippen LogP contribution in [-0.4, -0.2) is 37.0 Å². The van der Waals surface area contributed by atoms with Crippen LogP contribution in [0.1, 0.15) is 0 Å². The summed E-state index contributed by atoms with van der Waals surface area (Å²) >= 11 is 0. The van der Waals surface area contributed by atoms with E-state index in [0.29, 0.717) is 0 Å². The van der Waals surface area contributed by atoms with Gasteiger partial charge in [-0.3, -0.25) is 0 Å². The molecule has 0 spiro atoms. The molecule has 0 bridgehead atoms. The molecule has 4 nitrogen and oxygen atoms in total. The lowest BCUT2D eigenvalue weighted by Gasteiger charge is -1.84. The van der Waals surface area contributed by atoms with E-state index in [9.17, 15) is 4.79 Å². The summed E-state index contributed by atoms with van der Waals surface area (Å²) in [6.45, 7) is -0.0188. The minimum Gasteiger partial charge on any atom is -0.466 e. The first-order chi connectivity index (χ1) is 7.27. The van der Waals surface area contributed by atoms with Crippen LogP contribution in [0.3, 0.4) is 0 Å². The van der Waals surface area contributed by atoms with Gasteiger partial charge in [-0.05, 0) is 17.9 Å². The van der Waals surface area contributed by atoms with Crippen LogP contribution in [0.5, 0.6) is 0 Å². The van der Waals surface area contributed by atoms with E-state index in [2.05, 4.69) is 28.4 Å². The Balaban J connectivity index is 2.28. The molecular formula is C11H10O4. The van der Waals surface area contributed by atoms with Crippen molar-refractivity contribution in [2.24, 2.45) is 0 Å². The molecule has 1 saturated heterocycles. The molecule has 15 heavy (non-hydrogen) atoms. The fraction of sp³-hybridized carbons (Fsp3) is 0.364. The molecule has 4 heteroatoms. The highest BCUT2D eigenvalue weighted by Gasteiger charge is 2.36. The average molecular weight is 206 g/mol. The van der Waals surface area contributed by atoms with Gasteiger partial charge in [-0.15, -0.1) is 0 Å². The van der Waals surface area contributed by atoms with Crippen molar-refractivity contribution < 1.29 is 19.4 Å². The van der Waals surface area contributed by atoms with Crippen LogP contribution < -0.4 is 0 Å². The van der Waals surface area contributed by atoms with Gasteiger partial charge in [-0.25, -0.2) is 4.79 Å². The predicted molar refractivity (Wildman–Crippen MR) is 52.5 cm³/mol. The Morgan fingerprint density at radius 1 is 1.60 bits per heavy atom. The molecule has 78 valence electrons. The first-order valence-electron chi connectivity index (χ1n) is 4.30. The Hall–Kier alpha value is -1.75. The standard InChI is InChI=1S/C11H10O4/c1-14-11(13)7-5-3-2-4-6-9-10(8-12)15-9/h5,7,9-10,12H,8H2,1H3/b7-5+. The van der Waals surface area contributed by atoms with Gasteiger partial charge in [0, 0.05) is 6.08 Å². The van der Waals surface area contributed by atoms with Gasteiger partial charge in [-0.2, -0.15) is 0 Å². The quantitative estimate of drug-likeness (QED) is 0.286. The average Bonchev–Trinajstić information content (AvgIpc) is 3.01. The minimum atomic E-state index is -0.455. The van der Waals surface area contributed by atoms with E-state index in [4.69, 9.17) is 9.84 Å². The number of carbonyl (C=O) groups excluding carboxylic acids is 1. The van der Waals surface area contributed by atoms with Gasteiger partial charge in [0.1, 0.15) is 12.2 Å². The number of rotatable bonds is 2. The summed E-state index contributed by atoms with van der Waals surface area (Å²) < 4.78 is 9.30. The molecule has 1 fully saturated rings. The van der Waals surface area contributed by atoms with Crippen molar-refractivity contribution in [1.29, 1.82) is 0 Å². The second-order valence-electron chi connectivity index (χ2n) is 2.67. The molecule has 1 N–H and O–H groups in total. The fourth-order valence-corrected chi connectivity index (χ4v) is 0.771. The van der Waals surface area contributed by atoms with E-state index >= 15 is 0 Å². The SMILES string of the molecule is COC(=O)/C=C/C#CC#CC1OC1CO. The Morgan fingerprint density at radius 3 is 3.00 bits per heavy atom. The number of epoxide rings is 1. The molecule has 2 unspecified atom stereocenters. The predicted octanol–water partition coefficient (Wildman–Crippen LogP) is -0.518. The van der Waals surface area contributed by atoms with E-state index in [0.717, 1.165) is 0 Å². The van der Waals surface area contributed by atoms with Crippen LogP contribution in [0, 0.1) is 23.7 Å². The van der Waals surface area contributed by atoms with Gasteiger partial charge in [0.05, 0.1) is 13.7 Å². The molecule has 0 saturated carbocycles. The highest BCUT2D eigenvalue weighted by molar-refractivity contribution is 5.82. The number of esters is 1. The maximum absolute atomic E-state index is 10.6. The molecule has 1 rings (SSSR count). The smallest absolute Gasteiger partial charge is 0.331 e. The largest absolute Gasteiger partial charge is 0.466 e. The monoisotopic (exact) mass is 206 g/mol. The summed E-state index contributed by atoms with van der Waals surface area (Å²) in [5.41, 5.74) is 0. The number of ether oxygens (including phenoxy) is 2. The Labute approximate surface area is 87.9 Å². The summed E-state index contributed by atoms with van der Waals surface area (Å²) in [6, 6.07) is 0. The Morgan fingerprint density at radius 2 is 2.40 bits per heavy atom. The van der Waals surface area contributed by atoms with Crippen LogP contribution in [0.2, 0.25) is 0 Å². The van der Waals surface area contributed by atoms with Gasteiger partial charge in [-0.1, -0.05) is 11.8 Å². The van der Waals surface area contributed by atoms with Crippen molar-refractivity contribution in [2.75, 3.05) is 13.7 Å². The van der Waals surface area contributed by atoms with E-state index in [1.165, 1.54) is 19.3 Å². The fourth-order valence-electron chi connectivity index (χ4n) is 0.771. The molecule has 0 radical (unpaired) electrons. The van der Waals surface area contributed by atoms with Crippen molar-refractivity contribution in [3.05, 3.63) is 12.2 Å². The number of methoxy groups -OCH3 is 1. The molecule has 1 aliphatic heterocycles. The van der Waals surface area contributed by atoms with Gasteiger partial charge in [0.2, 0.25) is 0 Å². The van der Waals surface area contributed by atoms with Crippen LogP contribution in [0.15, 0.2) is 12.2 Å². The van der Waals surface area contributed by atoms with Crippen LogP contribution in [0.4, 0.5) is 0 Å². The zero-order valence-corrected chi connectivity index (χ0v) is 8.19. The normalized spacial score (nSPS) is 22.3. The van der Waals surface area contributed by atoms with Gasteiger partial charge >= 0.3 is 5.97 Å². The third-order valence-electron chi connectivity index (χ3n) is 1.62. The molecular weight excluding hydrogens is 196 g/mol. The third-order valence-corrected chi connectivity index (χ3v) is 1.62. The third kappa shape index (κ3) is 4.33. The molecule has 1 heterocycles. The van der Waals surface area contributed by atoms with E-state index in [-0.39, 0.29) is 18.8 Å². The highest BCUT2D eigenvalue weighted by Crippen LogP contribution is 2.19. The number of carbonyl (C=O) groups is 1. The second-order valence-corrected chi connectivity index (χ2v) is 2.67. The van der Waals surface area contributed by atoms with E-state index in [1.807, 2.05) is 0 Å². The Bertz CT molecular complexity index is 375. The van der Waals surface area contributed by atoms with Crippen LogP contribution >= 0.6 is 0 Å². The highest BCUT2D eigenvalue weighted by atomic mass is 16.6. The molecule has 2 atom stereocenters. The lowest BCUT2D eigenvalue weighted by atomic mass is 10.3. The molecule has 0 amide bonds. The lowest BCUT2D eigenvalue weighted by Crippen LogP contribution is -1.95. The van der Waals surface area contributed by atoms with Crippen molar-refractivity contribution in [1.82, 2.24) is 0 Å². The maximum Gasteiger partial charge on any atom is 0.331 e. The summed E-state index contributed by atoms with van der Waals surface area (Å²) in [6.07, 6.45) is 2.20. The number of allylic oxidation sites excluding steroid dienone is 1. The number of aliphatic hydroxyl groups is 1. The van der Waals surface area contributed by atoms with Crippen molar-refractivity contribution in [2.45, 2.75) is 12.2 Å². The summed E-state index contributed by atoms with van der Waals surface area (Å²) in [4.78, 5) is 10.6. The van der Waals surface area contributed by atoms with Gasteiger partial charge in [0.25, 0.3) is 0 Å². The molecule has 0 aromatic heterocycles. The molecule has 1 aliphatic rings. The number of aliphatic hydroxyl groups excluding tert-OH is 1. The minimum absolute atomic E-state index is 0.0188. The zero-order valence-electron chi connectivity index (χ0n) is 8.19. The molecule has 0 aromatic rings.